The summed E-state index contributed by atoms with van der Waals surface area (Å²) in [4.78, 5) is 3.04. The number of unbranched alkanes of at least 4 members (excludes halogenated alkanes) is 1. The van der Waals surface area contributed by atoms with Gasteiger partial charge in [-0.2, -0.15) is 13.8 Å². The van der Waals surface area contributed by atoms with Crippen molar-refractivity contribution in [3.05, 3.63) is 59.2 Å². The zero-order valence-corrected chi connectivity index (χ0v) is 15.0. The maximum Gasteiger partial charge on any atom is 0.251 e. The fourth-order valence-electron chi connectivity index (χ4n) is 3.65. The average molecular weight is 363 g/mol. The molecule has 2 aromatic rings. The summed E-state index contributed by atoms with van der Waals surface area (Å²) >= 11 is 0. The van der Waals surface area contributed by atoms with Gasteiger partial charge >= 0.3 is 0 Å². The lowest BCUT2D eigenvalue weighted by Crippen LogP contribution is -2.14. The topological polar surface area (TPSA) is 22.1 Å². The van der Waals surface area contributed by atoms with Crippen LogP contribution < -0.4 is 4.74 Å². The monoisotopic (exact) mass is 363 g/mol. The van der Waals surface area contributed by atoms with Crippen LogP contribution >= 0.6 is 0 Å². The minimum atomic E-state index is -1.37. The summed E-state index contributed by atoms with van der Waals surface area (Å²) in [5.74, 6) is -2.17. The smallest absolute Gasteiger partial charge is 0.251 e. The zero-order chi connectivity index (χ0) is 18.5. The Labute approximate surface area is 152 Å². The number of benzene rings is 1. The van der Waals surface area contributed by atoms with Gasteiger partial charge in [0.25, 0.3) is 5.95 Å². The van der Waals surface area contributed by atoms with Gasteiger partial charge in [-0.1, -0.05) is 25.5 Å². The van der Waals surface area contributed by atoms with Crippen LogP contribution in [0.15, 0.2) is 30.3 Å². The molecule has 1 aromatic carbocycles. The lowest BCUT2D eigenvalue weighted by atomic mass is 9.76. The number of hydrogen-bond acceptors (Lipinski definition) is 2. The van der Waals surface area contributed by atoms with Gasteiger partial charge < -0.3 is 4.74 Å². The fourth-order valence-corrected chi connectivity index (χ4v) is 3.65. The maximum absolute atomic E-state index is 13.9. The normalized spacial score (nSPS) is 20.2. The minimum absolute atomic E-state index is 0.106. The van der Waals surface area contributed by atoms with Crippen LogP contribution in [-0.2, 0) is 0 Å². The maximum atomic E-state index is 13.9. The highest BCUT2D eigenvalue weighted by Crippen LogP contribution is 2.41. The van der Waals surface area contributed by atoms with Gasteiger partial charge in [-0.15, -0.1) is 0 Å². The molecule has 2 nitrogen and oxygen atoms in total. The Kier molecular flexibility index (Phi) is 6.17. The molecule has 0 N–H and O–H groups in total. The van der Waals surface area contributed by atoms with Gasteiger partial charge in [0.05, 0.1) is 6.61 Å². The van der Waals surface area contributed by atoms with Gasteiger partial charge in [-0.05, 0) is 67.7 Å². The van der Waals surface area contributed by atoms with Crippen LogP contribution in [0, 0.1) is 17.7 Å². The van der Waals surface area contributed by atoms with Crippen LogP contribution in [0.3, 0.4) is 0 Å². The summed E-state index contributed by atoms with van der Waals surface area (Å²) in [6, 6.07) is 9.13. The van der Waals surface area contributed by atoms with E-state index in [1.807, 2.05) is 12.1 Å². The van der Waals surface area contributed by atoms with E-state index in [4.69, 9.17) is 4.74 Å². The Bertz CT molecular complexity index is 725. The van der Waals surface area contributed by atoms with Crippen molar-refractivity contribution in [2.24, 2.45) is 0 Å². The molecule has 0 radical (unpaired) electrons. The standard InChI is InChI=1S/C21H24F3NO/c1-2-3-12-26-17-10-8-15(9-11-17)14-4-6-16(7-5-14)18-13-19(22)21(24)25-20(18)23/h8-11,13-14,16H,2-7,12H2,1H3. The van der Waals surface area contributed by atoms with Crippen molar-refractivity contribution in [3.8, 4) is 5.75 Å². The van der Waals surface area contributed by atoms with Gasteiger partial charge in [0.15, 0.2) is 5.82 Å². The summed E-state index contributed by atoms with van der Waals surface area (Å²) in [6.07, 6.45) is 5.40. The van der Waals surface area contributed by atoms with Crippen molar-refractivity contribution in [1.82, 2.24) is 4.98 Å². The van der Waals surface area contributed by atoms with Crippen molar-refractivity contribution in [2.75, 3.05) is 6.61 Å². The molecule has 1 aliphatic rings. The summed E-state index contributed by atoms with van der Waals surface area (Å²) < 4.78 is 46.0. The van der Waals surface area contributed by atoms with Crippen molar-refractivity contribution in [2.45, 2.75) is 57.3 Å². The van der Waals surface area contributed by atoms with Crippen LogP contribution in [-0.4, -0.2) is 11.6 Å². The Morgan fingerprint density at radius 2 is 1.62 bits per heavy atom. The van der Waals surface area contributed by atoms with E-state index in [0.29, 0.717) is 5.92 Å². The molecule has 0 saturated heterocycles. The molecule has 5 heteroatoms. The van der Waals surface area contributed by atoms with E-state index in [9.17, 15) is 13.2 Å². The molecule has 0 aliphatic heterocycles. The van der Waals surface area contributed by atoms with Crippen LogP contribution in [0.4, 0.5) is 13.2 Å². The quantitative estimate of drug-likeness (QED) is 0.456. The van der Waals surface area contributed by atoms with E-state index in [1.165, 1.54) is 5.56 Å². The molecule has 0 atom stereocenters. The highest BCUT2D eigenvalue weighted by molar-refractivity contribution is 5.30. The molecule has 140 valence electrons. The molecule has 1 saturated carbocycles. The molecule has 3 rings (SSSR count). The Balaban J connectivity index is 1.59. The molecule has 26 heavy (non-hydrogen) atoms. The van der Waals surface area contributed by atoms with Gasteiger partial charge in [0.1, 0.15) is 5.75 Å². The van der Waals surface area contributed by atoms with Crippen LogP contribution in [0.5, 0.6) is 5.75 Å². The predicted octanol–water partition coefficient (Wildman–Crippen LogP) is 6.12. The van der Waals surface area contributed by atoms with Crippen molar-refractivity contribution in [1.29, 1.82) is 0 Å². The summed E-state index contributed by atoms with van der Waals surface area (Å²) in [5.41, 5.74) is 1.44. The Morgan fingerprint density at radius 1 is 0.962 bits per heavy atom. The number of rotatable bonds is 6. The Morgan fingerprint density at radius 3 is 2.27 bits per heavy atom. The zero-order valence-electron chi connectivity index (χ0n) is 15.0. The molecule has 0 amide bonds. The van der Waals surface area contributed by atoms with E-state index in [-0.39, 0.29) is 11.5 Å². The SMILES string of the molecule is CCCCOc1ccc(C2CCC(c3cc(F)c(F)nc3F)CC2)cc1. The minimum Gasteiger partial charge on any atom is -0.494 e. The van der Waals surface area contributed by atoms with E-state index < -0.39 is 17.7 Å². The third-order valence-electron chi connectivity index (χ3n) is 5.20. The summed E-state index contributed by atoms with van der Waals surface area (Å²) in [6.45, 7) is 2.86. The number of nitrogens with zero attached hydrogens (tertiary/aromatic N) is 1. The number of ether oxygens (including phenoxy) is 1. The second-order valence-electron chi connectivity index (χ2n) is 6.96. The third kappa shape index (κ3) is 4.37. The van der Waals surface area contributed by atoms with E-state index in [2.05, 4.69) is 24.0 Å². The second-order valence-corrected chi connectivity index (χ2v) is 6.96. The Hall–Kier alpha value is -2.04. The molecule has 0 unspecified atom stereocenters. The van der Waals surface area contributed by atoms with Gasteiger partial charge in [-0.3, -0.25) is 0 Å². The van der Waals surface area contributed by atoms with Crippen molar-refractivity contribution >= 4 is 0 Å². The van der Waals surface area contributed by atoms with E-state index in [1.54, 1.807) is 0 Å². The lowest BCUT2D eigenvalue weighted by Gasteiger charge is -2.29. The van der Waals surface area contributed by atoms with Crippen LogP contribution in [0.2, 0.25) is 0 Å². The molecular formula is C21H24F3NO. The highest BCUT2D eigenvalue weighted by atomic mass is 19.2. The lowest BCUT2D eigenvalue weighted by molar-refractivity contribution is 0.309. The average Bonchev–Trinajstić information content (AvgIpc) is 2.66. The number of aromatic nitrogens is 1. The molecular weight excluding hydrogens is 339 g/mol. The number of halogens is 3. The molecule has 1 fully saturated rings. The predicted molar refractivity (Wildman–Crippen MR) is 94.9 cm³/mol. The van der Waals surface area contributed by atoms with Gasteiger partial charge in [-0.25, -0.2) is 4.39 Å². The molecule has 0 bridgehead atoms. The first kappa shape index (κ1) is 18.7. The van der Waals surface area contributed by atoms with Crippen molar-refractivity contribution < 1.29 is 17.9 Å². The van der Waals surface area contributed by atoms with Gasteiger partial charge in [0, 0.05) is 5.56 Å². The third-order valence-corrected chi connectivity index (χ3v) is 5.20. The summed E-state index contributed by atoms with van der Waals surface area (Å²) in [5, 5.41) is 0. The van der Waals surface area contributed by atoms with Crippen molar-refractivity contribution in [3.63, 3.8) is 0 Å². The molecule has 0 spiro atoms. The fraction of sp³-hybridized carbons (Fsp3) is 0.476. The number of hydrogen-bond donors (Lipinski definition) is 0. The van der Waals surface area contributed by atoms with Crippen LogP contribution in [0.25, 0.3) is 0 Å². The van der Waals surface area contributed by atoms with Crippen LogP contribution in [0.1, 0.15) is 68.4 Å². The van der Waals surface area contributed by atoms with E-state index >= 15 is 0 Å². The highest BCUT2D eigenvalue weighted by Gasteiger charge is 2.27. The molecule has 1 aromatic heterocycles. The molecule has 1 heterocycles. The summed E-state index contributed by atoms with van der Waals surface area (Å²) in [7, 11) is 0. The number of pyridine rings is 1. The first-order valence-corrected chi connectivity index (χ1v) is 9.32. The van der Waals surface area contributed by atoms with Gasteiger partial charge in [0.2, 0.25) is 5.95 Å². The first-order chi connectivity index (χ1) is 12.6. The first-order valence-electron chi connectivity index (χ1n) is 9.32. The second kappa shape index (κ2) is 8.56. The molecule has 1 aliphatic carbocycles. The largest absolute Gasteiger partial charge is 0.494 e. The van der Waals surface area contributed by atoms with E-state index in [0.717, 1.165) is 56.9 Å².